The molecule has 0 aliphatic heterocycles. The Morgan fingerprint density at radius 3 is 0.792 bits per heavy atom. The van der Waals surface area contributed by atoms with E-state index in [2.05, 4.69) is 118 Å². The van der Waals surface area contributed by atoms with Gasteiger partial charge in [-0.3, -0.25) is 14.4 Å². The van der Waals surface area contributed by atoms with E-state index in [4.69, 9.17) is 14.2 Å². The van der Waals surface area contributed by atoms with Crippen LogP contribution in [0.25, 0.3) is 0 Å². The zero-order chi connectivity index (χ0) is 55.7. The molecule has 0 aromatic rings. The molecule has 0 aliphatic rings. The summed E-state index contributed by atoms with van der Waals surface area (Å²) in [6.45, 7) is 6.53. The summed E-state index contributed by atoms with van der Waals surface area (Å²) in [7, 11) is 0. The summed E-state index contributed by atoms with van der Waals surface area (Å²) in [5.74, 6) is -0.896. The van der Waals surface area contributed by atoms with Crippen molar-refractivity contribution in [1.82, 2.24) is 0 Å². The van der Waals surface area contributed by atoms with Crippen molar-refractivity contribution in [2.45, 2.75) is 322 Å². The first-order valence-corrected chi connectivity index (χ1v) is 32.7. The SMILES string of the molecule is CC/C=C\C/C=C\C/C=C\C/C=C\C/C=C\C/C=C\C/C=C\C/C=C\CCCCCCC(=O)OCC(COC(=O)CCCCCCCCCCCC)OC(=O)CCCCCCCCCCCCCCCCCCCCCC. The number of ether oxygens (including phenoxy) is 3. The smallest absolute Gasteiger partial charge is 0.306 e. The molecule has 1 atom stereocenters. The van der Waals surface area contributed by atoms with Gasteiger partial charge in [0.1, 0.15) is 13.2 Å². The predicted octanol–water partition coefficient (Wildman–Crippen LogP) is 22.4. The fraction of sp³-hybridized carbons (Fsp3) is 0.732. The molecular formula is C71H122O6. The first-order chi connectivity index (χ1) is 38.0. The first kappa shape index (κ1) is 73.3. The Balaban J connectivity index is 4.29. The van der Waals surface area contributed by atoms with E-state index < -0.39 is 6.10 Å². The Hall–Kier alpha value is -3.67. The number of rotatable bonds is 59. The van der Waals surface area contributed by atoms with E-state index in [1.807, 2.05) is 0 Å². The maximum absolute atomic E-state index is 12.9. The Labute approximate surface area is 477 Å². The van der Waals surface area contributed by atoms with Gasteiger partial charge in [0.25, 0.3) is 0 Å². The van der Waals surface area contributed by atoms with Crippen LogP contribution < -0.4 is 0 Å². The highest BCUT2D eigenvalue weighted by atomic mass is 16.6. The Kier molecular flexibility index (Phi) is 61.8. The van der Waals surface area contributed by atoms with Crippen molar-refractivity contribution in [2.75, 3.05) is 13.2 Å². The molecule has 0 saturated heterocycles. The highest BCUT2D eigenvalue weighted by molar-refractivity contribution is 5.71. The third kappa shape index (κ3) is 63.0. The van der Waals surface area contributed by atoms with Gasteiger partial charge in [0.05, 0.1) is 0 Å². The fourth-order valence-electron chi connectivity index (χ4n) is 9.23. The van der Waals surface area contributed by atoms with Crippen LogP contribution in [-0.2, 0) is 28.6 Å². The molecule has 0 heterocycles. The second-order valence-corrected chi connectivity index (χ2v) is 21.7. The van der Waals surface area contributed by atoms with Crippen molar-refractivity contribution in [3.8, 4) is 0 Å². The topological polar surface area (TPSA) is 78.9 Å². The van der Waals surface area contributed by atoms with E-state index in [0.29, 0.717) is 19.3 Å². The molecule has 0 amide bonds. The van der Waals surface area contributed by atoms with Crippen LogP contribution in [0.5, 0.6) is 0 Å². The van der Waals surface area contributed by atoms with Crippen molar-refractivity contribution >= 4 is 17.9 Å². The highest BCUT2D eigenvalue weighted by Gasteiger charge is 2.19. The second-order valence-electron chi connectivity index (χ2n) is 21.7. The lowest BCUT2D eigenvalue weighted by Crippen LogP contribution is -2.30. The number of carbonyl (C=O) groups is 3. The summed E-state index contributed by atoms with van der Waals surface area (Å²) in [6.07, 6.45) is 87.1. The van der Waals surface area contributed by atoms with Gasteiger partial charge in [-0.25, -0.2) is 0 Å². The lowest BCUT2D eigenvalue weighted by Gasteiger charge is -2.18. The molecular weight excluding hydrogens is 949 g/mol. The molecule has 0 aromatic carbocycles. The fourth-order valence-corrected chi connectivity index (χ4v) is 9.23. The van der Waals surface area contributed by atoms with Gasteiger partial charge in [0, 0.05) is 19.3 Å². The molecule has 0 aliphatic carbocycles. The third-order valence-corrected chi connectivity index (χ3v) is 14.1. The van der Waals surface area contributed by atoms with E-state index in [9.17, 15) is 14.4 Å². The maximum atomic E-state index is 12.9. The van der Waals surface area contributed by atoms with Gasteiger partial charge in [-0.15, -0.1) is 0 Å². The summed E-state index contributed by atoms with van der Waals surface area (Å²) >= 11 is 0. The van der Waals surface area contributed by atoms with Gasteiger partial charge < -0.3 is 14.2 Å². The lowest BCUT2D eigenvalue weighted by atomic mass is 10.0. The zero-order valence-electron chi connectivity index (χ0n) is 50.7. The average molecular weight is 1070 g/mol. The number of allylic oxidation sites excluding steroid dienone is 16. The molecule has 6 nitrogen and oxygen atoms in total. The van der Waals surface area contributed by atoms with Crippen LogP contribution in [-0.4, -0.2) is 37.2 Å². The molecule has 0 spiro atoms. The summed E-state index contributed by atoms with van der Waals surface area (Å²) in [5, 5.41) is 0. The Morgan fingerprint density at radius 1 is 0.273 bits per heavy atom. The van der Waals surface area contributed by atoms with Crippen LogP contribution in [0.1, 0.15) is 316 Å². The van der Waals surface area contributed by atoms with E-state index in [1.165, 1.54) is 154 Å². The van der Waals surface area contributed by atoms with Crippen LogP contribution in [0.3, 0.4) is 0 Å². The molecule has 0 radical (unpaired) electrons. The summed E-state index contributed by atoms with van der Waals surface area (Å²) in [6, 6.07) is 0. The highest BCUT2D eigenvalue weighted by Crippen LogP contribution is 2.17. The molecule has 442 valence electrons. The molecule has 77 heavy (non-hydrogen) atoms. The van der Waals surface area contributed by atoms with Crippen LogP contribution in [0.15, 0.2) is 97.2 Å². The number of esters is 3. The first-order valence-electron chi connectivity index (χ1n) is 32.7. The molecule has 0 aromatic heterocycles. The minimum Gasteiger partial charge on any atom is -0.462 e. The van der Waals surface area contributed by atoms with Crippen molar-refractivity contribution in [1.29, 1.82) is 0 Å². The van der Waals surface area contributed by atoms with Gasteiger partial charge >= 0.3 is 17.9 Å². The van der Waals surface area contributed by atoms with Crippen LogP contribution in [0.4, 0.5) is 0 Å². The molecule has 0 bridgehead atoms. The summed E-state index contributed by atoms with van der Waals surface area (Å²) in [4.78, 5) is 38.2. The summed E-state index contributed by atoms with van der Waals surface area (Å²) in [5.41, 5.74) is 0. The maximum Gasteiger partial charge on any atom is 0.306 e. The van der Waals surface area contributed by atoms with Gasteiger partial charge in [0.15, 0.2) is 6.10 Å². The third-order valence-electron chi connectivity index (χ3n) is 14.1. The van der Waals surface area contributed by atoms with Crippen molar-refractivity contribution < 1.29 is 28.6 Å². The zero-order valence-corrected chi connectivity index (χ0v) is 50.7. The molecule has 0 fully saturated rings. The van der Waals surface area contributed by atoms with E-state index in [0.717, 1.165) is 122 Å². The van der Waals surface area contributed by atoms with Gasteiger partial charge in [-0.2, -0.15) is 0 Å². The van der Waals surface area contributed by atoms with E-state index in [-0.39, 0.29) is 31.1 Å². The number of carbonyl (C=O) groups excluding carboxylic acids is 3. The Bertz CT molecular complexity index is 1510. The molecule has 6 heteroatoms. The molecule has 0 N–H and O–H groups in total. The molecule has 0 saturated carbocycles. The average Bonchev–Trinajstić information content (AvgIpc) is 3.43. The number of unbranched alkanes of at least 4 members (excludes halogenated alkanes) is 32. The monoisotopic (exact) mass is 1070 g/mol. The normalized spacial score (nSPS) is 12.7. The molecule has 1 unspecified atom stereocenters. The minimum atomic E-state index is -0.786. The van der Waals surface area contributed by atoms with Crippen LogP contribution in [0, 0.1) is 0 Å². The lowest BCUT2D eigenvalue weighted by molar-refractivity contribution is -0.167. The quantitative estimate of drug-likeness (QED) is 0.0261. The standard InChI is InChI=1S/C71H122O6/c1-4-7-10-13-16-19-22-24-26-28-30-32-33-34-35-36-37-38-39-40-42-43-45-47-49-52-55-58-61-64-70(73)76-67-68(66-75-69(72)63-60-57-54-51-21-18-15-12-9-6-3)77-71(74)65-62-59-56-53-50-48-46-44-41-31-29-27-25-23-20-17-14-11-8-5-2/h7,10,16,19,24,26,30,32,34-35,37-38,40,42,45,47,68H,4-6,8-9,11-15,17-18,20-23,25,27-29,31,33,36,39,41,43-44,46,48-67H2,1-3H3/b10-7-,19-16-,26-24-,32-30-,35-34-,38-37-,42-40-,47-45-. The largest absolute Gasteiger partial charge is 0.462 e. The number of hydrogen-bond acceptors (Lipinski definition) is 6. The second kappa shape index (κ2) is 64.9. The van der Waals surface area contributed by atoms with Crippen LogP contribution >= 0.6 is 0 Å². The van der Waals surface area contributed by atoms with Gasteiger partial charge in [0.2, 0.25) is 0 Å². The van der Waals surface area contributed by atoms with E-state index >= 15 is 0 Å². The molecule has 0 rings (SSSR count). The van der Waals surface area contributed by atoms with Crippen molar-refractivity contribution in [3.05, 3.63) is 97.2 Å². The number of hydrogen-bond donors (Lipinski definition) is 0. The summed E-state index contributed by atoms with van der Waals surface area (Å²) < 4.78 is 16.9. The Morgan fingerprint density at radius 2 is 0.506 bits per heavy atom. The van der Waals surface area contributed by atoms with Crippen molar-refractivity contribution in [3.63, 3.8) is 0 Å². The predicted molar refractivity (Wildman–Crippen MR) is 334 cm³/mol. The minimum absolute atomic E-state index is 0.0817. The van der Waals surface area contributed by atoms with Gasteiger partial charge in [-0.1, -0.05) is 311 Å². The van der Waals surface area contributed by atoms with Crippen LogP contribution in [0.2, 0.25) is 0 Å². The van der Waals surface area contributed by atoms with Gasteiger partial charge in [-0.05, 0) is 83.5 Å². The van der Waals surface area contributed by atoms with E-state index in [1.54, 1.807) is 0 Å². The van der Waals surface area contributed by atoms with Crippen molar-refractivity contribution in [2.24, 2.45) is 0 Å².